The molecule has 2 aromatic rings. The lowest BCUT2D eigenvalue weighted by molar-refractivity contribution is -0.336. The molecule has 0 fully saturated rings. The van der Waals surface area contributed by atoms with Crippen molar-refractivity contribution in [3.63, 3.8) is 0 Å². The van der Waals surface area contributed by atoms with Crippen molar-refractivity contribution in [3.8, 4) is 0 Å². The maximum Gasteiger partial charge on any atom is 0.457 e. The number of hydrogen-bond donors (Lipinski definition) is 1. The molecule has 124 valence electrons. The molecule has 0 radical (unpaired) electrons. The van der Waals surface area contributed by atoms with Gasteiger partial charge >= 0.3 is 12.1 Å². The average molecular weight is 355 g/mol. The summed E-state index contributed by atoms with van der Waals surface area (Å²) in [5.74, 6) is -6.65. The number of benzene rings is 2. The molecule has 0 saturated heterocycles. The van der Waals surface area contributed by atoms with Gasteiger partial charge in [-0.3, -0.25) is 0 Å². The first kappa shape index (κ1) is 17.6. The molecule has 0 amide bonds. The third kappa shape index (κ3) is 2.90. The van der Waals surface area contributed by atoms with Crippen LogP contribution in [0.2, 0.25) is 5.02 Å². The van der Waals surface area contributed by atoms with Gasteiger partial charge in [-0.05, 0) is 35.4 Å². The normalized spacial score (nSPS) is 15.3. The largest absolute Gasteiger partial charge is 0.457 e. The molecule has 1 unspecified atom stereocenters. The fourth-order valence-corrected chi connectivity index (χ4v) is 2.35. The van der Waals surface area contributed by atoms with Gasteiger partial charge in [0.05, 0.1) is 0 Å². The highest BCUT2D eigenvalue weighted by Gasteiger charge is 2.71. The van der Waals surface area contributed by atoms with Gasteiger partial charge in [-0.2, -0.15) is 22.0 Å². The highest BCUT2D eigenvalue weighted by atomic mass is 35.5. The Morgan fingerprint density at radius 3 is 1.83 bits per heavy atom. The van der Waals surface area contributed by atoms with Crippen LogP contribution in [0.15, 0.2) is 48.5 Å². The van der Waals surface area contributed by atoms with Crippen LogP contribution >= 0.6 is 11.6 Å². The lowest BCUT2D eigenvalue weighted by Gasteiger charge is -2.37. The zero-order valence-electron chi connectivity index (χ0n) is 11.2. The van der Waals surface area contributed by atoms with Gasteiger partial charge in [0, 0.05) is 5.02 Å². The van der Waals surface area contributed by atoms with E-state index in [1.165, 1.54) is 6.07 Å². The zero-order valence-corrected chi connectivity index (χ0v) is 12.0. The highest BCUT2D eigenvalue weighted by molar-refractivity contribution is 6.30. The summed E-state index contributed by atoms with van der Waals surface area (Å²) in [6.07, 6.45) is -6.07. The fourth-order valence-electron chi connectivity index (χ4n) is 2.16. The van der Waals surface area contributed by atoms with E-state index in [1.54, 1.807) is 0 Å². The smallest absolute Gasteiger partial charge is 0.374 e. The lowest BCUT2D eigenvalue weighted by atomic mass is 9.80. The number of hydrogen-bond acceptors (Lipinski definition) is 1. The standard InChI is InChI=1S/C15H9ClF6O/c16-11-5-1-3-9(7-11)13(23,14(18,19)15(20,21)22)10-4-2-6-12(17)8-10/h1-8,23H. The van der Waals surface area contributed by atoms with E-state index in [4.69, 9.17) is 11.6 Å². The van der Waals surface area contributed by atoms with Crippen molar-refractivity contribution in [1.82, 2.24) is 0 Å². The second-order valence-electron chi connectivity index (χ2n) is 4.80. The number of aliphatic hydroxyl groups is 1. The van der Waals surface area contributed by atoms with E-state index >= 15 is 0 Å². The molecule has 1 atom stereocenters. The number of rotatable bonds is 3. The predicted molar refractivity (Wildman–Crippen MR) is 71.9 cm³/mol. The van der Waals surface area contributed by atoms with Crippen LogP contribution in [0.4, 0.5) is 26.3 Å². The molecular weight excluding hydrogens is 346 g/mol. The van der Waals surface area contributed by atoms with Gasteiger partial charge in [-0.1, -0.05) is 35.9 Å². The molecule has 0 aromatic heterocycles. The topological polar surface area (TPSA) is 20.2 Å². The molecule has 0 bridgehead atoms. The van der Waals surface area contributed by atoms with E-state index in [9.17, 15) is 31.4 Å². The monoisotopic (exact) mass is 354 g/mol. The fraction of sp³-hybridized carbons (Fsp3) is 0.200. The Labute approximate surface area is 132 Å². The summed E-state index contributed by atoms with van der Waals surface area (Å²) in [5.41, 5.74) is -5.59. The van der Waals surface area contributed by atoms with Crippen molar-refractivity contribution in [2.45, 2.75) is 17.7 Å². The summed E-state index contributed by atoms with van der Waals surface area (Å²) in [7, 11) is 0. The van der Waals surface area contributed by atoms with Gasteiger partial charge in [-0.25, -0.2) is 4.39 Å². The first-order valence-electron chi connectivity index (χ1n) is 6.19. The van der Waals surface area contributed by atoms with Gasteiger partial charge in [0.25, 0.3) is 0 Å². The van der Waals surface area contributed by atoms with Gasteiger partial charge in [0.15, 0.2) is 5.60 Å². The Balaban J connectivity index is 2.80. The Morgan fingerprint density at radius 2 is 1.35 bits per heavy atom. The number of alkyl halides is 5. The van der Waals surface area contributed by atoms with Gasteiger partial charge in [0.1, 0.15) is 5.82 Å². The number of halogens is 7. The first-order valence-corrected chi connectivity index (χ1v) is 6.57. The van der Waals surface area contributed by atoms with Crippen LogP contribution < -0.4 is 0 Å². The Bertz CT molecular complexity index is 668. The van der Waals surface area contributed by atoms with E-state index in [-0.39, 0.29) is 5.02 Å². The van der Waals surface area contributed by atoms with Crippen LogP contribution in [0.3, 0.4) is 0 Å². The highest BCUT2D eigenvalue weighted by Crippen LogP contribution is 2.51. The maximum atomic E-state index is 14.1. The molecule has 0 aliphatic heterocycles. The molecule has 0 heterocycles. The molecule has 2 aromatic carbocycles. The molecule has 0 saturated carbocycles. The summed E-state index contributed by atoms with van der Waals surface area (Å²) in [5, 5.41) is 10.2. The molecule has 23 heavy (non-hydrogen) atoms. The van der Waals surface area contributed by atoms with E-state index in [1.807, 2.05) is 0 Å². The van der Waals surface area contributed by atoms with Crippen LogP contribution in [0.1, 0.15) is 11.1 Å². The van der Waals surface area contributed by atoms with Crippen molar-refractivity contribution < 1.29 is 31.4 Å². The maximum absolute atomic E-state index is 14.1. The van der Waals surface area contributed by atoms with Crippen molar-refractivity contribution in [3.05, 3.63) is 70.5 Å². The third-order valence-electron chi connectivity index (χ3n) is 3.30. The van der Waals surface area contributed by atoms with Crippen LogP contribution in [0.25, 0.3) is 0 Å². The molecular formula is C15H9ClF6O. The van der Waals surface area contributed by atoms with Crippen LogP contribution in [0, 0.1) is 5.82 Å². The van der Waals surface area contributed by atoms with Crippen LogP contribution in [-0.2, 0) is 5.60 Å². The molecule has 0 aliphatic carbocycles. The van der Waals surface area contributed by atoms with Gasteiger partial charge in [0.2, 0.25) is 0 Å². The minimum atomic E-state index is -6.07. The van der Waals surface area contributed by atoms with Crippen molar-refractivity contribution in [2.24, 2.45) is 0 Å². The molecule has 2 rings (SSSR count). The zero-order chi connectivity index (χ0) is 17.5. The average Bonchev–Trinajstić information content (AvgIpc) is 2.45. The second-order valence-corrected chi connectivity index (χ2v) is 5.24. The summed E-state index contributed by atoms with van der Waals surface area (Å²) in [6.45, 7) is 0. The summed E-state index contributed by atoms with van der Waals surface area (Å²) >= 11 is 5.62. The molecule has 1 N–H and O–H groups in total. The molecule has 8 heteroatoms. The van der Waals surface area contributed by atoms with E-state index in [2.05, 4.69) is 0 Å². The lowest BCUT2D eigenvalue weighted by Crippen LogP contribution is -2.55. The summed E-state index contributed by atoms with van der Waals surface area (Å²) in [4.78, 5) is 0. The van der Waals surface area contributed by atoms with Crippen LogP contribution in [-0.4, -0.2) is 17.2 Å². The Hall–Kier alpha value is -1.73. The Morgan fingerprint density at radius 1 is 0.826 bits per heavy atom. The van der Waals surface area contributed by atoms with Gasteiger partial charge < -0.3 is 5.11 Å². The molecule has 1 nitrogen and oxygen atoms in total. The Kier molecular flexibility index (Phi) is 4.38. The molecule has 0 spiro atoms. The quantitative estimate of drug-likeness (QED) is 0.776. The van der Waals surface area contributed by atoms with E-state index < -0.39 is 34.6 Å². The van der Waals surface area contributed by atoms with E-state index in [0.717, 1.165) is 36.4 Å². The minimum absolute atomic E-state index is 0.157. The first-order chi connectivity index (χ1) is 10.5. The van der Waals surface area contributed by atoms with Crippen LogP contribution in [0.5, 0.6) is 0 Å². The van der Waals surface area contributed by atoms with E-state index in [0.29, 0.717) is 6.07 Å². The molecule has 0 aliphatic rings. The van der Waals surface area contributed by atoms with Gasteiger partial charge in [-0.15, -0.1) is 0 Å². The second kappa shape index (κ2) is 5.72. The minimum Gasteiger partial charge on any atom is -0.374 e. The summed E-state index contributed by atoms with van der Waals surface area (Å²) < 4.78 is 80.1. The van der Waals surface area contributed by atoms with Crippen molar-refractivity contribution in [1.29, 1.82) is 0 Å². The van der Waals surface area contributed by atoms with Crippen molar-refractivity contribution in [2.75, 3.05) is 0 Å². The van der Waals surface area contributed by atoms with Crippen molar-refractivity contribution >= 4 is 11.6 Å². The third-order valence-corrected chi connectivity index (χ3v) is 3.53. The summed E-state index contributed by atoms with van der Waals surface area (Å²) in [6, 6.07) is 6.95. The predicted octanol–water partition coefficient (Wildman–Crippen LogP) is 4.91. The SMILES string of the molecule is OC(c1cccc(F)c1)(c1cccc(Cl)c1)C(F)(F)C(F)(F)F.